The van der Waals surface area contributed by atoms with Crippen LogP contribution in [0.2, 0.25) is 22.2 Å². The Kier molecular flexibility index (Phi) is 6.97. The number of nitrogens with zero attached hydrogens (tertiary/aromatic N) is 3. The van der Waals surface area contributed by atoms with Crippen LogP contribution in [0.3, 0.4) is 0 Å². The van der Waals surface area contributed by atoms with E-state index in [0.29, 0.717) is 5.65 Å². The zero-order valence-corrected chi connectivity index (χ0v) is 23.3. The Morgan fingerprint density at radius 1 is 1.03 bits per heavy atom. The van der Waals surface area contributed by atoms with Crippen LogP contribution in [0.25, 0.3) is 11.2 Å². The third kappa shape index (κ3) is 3.92. The second-order valence-electron chi connectivity index (χ2n) is 10.7. The van der Waals surface area contributed by atoms with E-state index in [9.17, 15) is 9.90 Å². The quantitative estimate of drug-likeness (QED) is 0.588. The fourth-order valence-corrected chi connectivity index (χ4v) is 16.6. The molecule has 2 aromatic heterocycles. The van der Waals surface area contributed by atoms with Gasteiger partial charge in [-0.15, -0.1) is 0 Å². The first kappa shape index (κ1) is 25.7. The maximum absolute atomic E-state index is 12.1. The topological polar surface area (TPSA) is 121 Å². The van der Waals surface area contributed by atoms with Gasteiger partial charge in [-0.25, -0.2) is 9.97 Å². The molecule has 2 fully saturated rings. The molecule has 2 N–H and O–H groups in total. The van der Waals surface area contributed by atoms with Gasteiger partial charge < -0.3 is 27.8 Å². The van der Waals surface area contributed by atoms with Gasteiger partial charge in [-0.2, -0.15) is 0 Å². The molecule has 2 aliphatic rings. The van der Waals surface area contributed by atoms with Crippen LogP contribution < -0.4 is 5.56 Å². The molecule has 2 aromatic rings. The Morgan fingerprint density at radius 2 is 1.65 bits per heavy atom. The molecule has 0 amide bonds. The summed E-state index contributed by atoms with van der Waals surface area (Å²) in [4.78, 5) is 23.1. The number of fused-ring (bicyclic) bond motifs is 2. The molecule has 34 heavy (non-hydrogen) atoms. The zero-order valence-electron chi connectivity index (χ0n) is 21.3. The van der Waals surface area contributed by atoms with Crippen molar-refractivity contribution in [3.8, 4) is 0 Å². The van der Waals surface area contributed by atoms with Crippen molar-refractivity contribution in [2.24, 2.45) is 0 Å². The van der Waals surface area contributed by atoms with E-state index in [-0.39, 0.29) is 39.8 Å². The standard InChI is InChI=1S/C22H38N4O6Si2/c1-12(2)33(13(3)4)29-9-16-19(31-34(32-33,14(5)6)15(7)8)18(27)22(30-16)26-11-25-17-20(26)23-10-24-21(17)28/h10-16,18-19,22,27H,9H2,1-8H3,(H,23,24,28)/t16-,18-,19-,22-/m1/s1. The van der Waals surface area contributed by atoms with E-state index in [2.05, 4.69) is 70.3 Å². The molecule has 12 heteroatoms. The normalized spacial score (nSPS) is 29.2. The Morgan fingerprint density at radius 3 is 2.24 bits per heavy atom. The Bertz CT molecular complexity index is 1060. The highest BCUT2D eigenvalue weighted by atomic mass is 28.5. The largest absolute Gasteiger partial charge is 0.414 e. The highest BCUT2D eigenvalue weighted by Gasteiger charge is 2.61. The predicted octanol–water partition coefficient (Wildman–Crippen LogP) is 3.33. The minimum atomic E-state index is -2.88. The van der Waals surface area contributed by atoms with Crippen molar-refractivity contribution in [1.29, 1.82) is 0 Å². The molecule has 190 valence electrons. The van der Waals surface area contributed by atoms with Gasteiger partial charge in [0.05, 0.1) is 19.3 Å². The maximum Gasteiger partial charge on any atom is 0.335 e. The fraction of sp³-hybridized carbons (Fsp3) is 0.773. The van der Waals surface area contributed by atoms with Gasteiger partial charge in [-0.3, -0.25) is 9.36 Å². The van der Waals surface area contributed by atoms with Crippen molar-refractivity contribution in [1.82, 2.24) is 19.5 Å². The van der Waals surface area contributed by atoms with Crippen LogP contribution in [0, 0.1) is 0 Å². The van der Waals surface area contributed by atoms with Crippen molar-refractivity contribution in [2.45, 2.75) is 102 Å². The van der Waals surface area contributed by atoms with Crippen LogP contribution >= 0.6 is 0 Å². The van der Waals surface area contributed by atoms with Gasteiger partial charge in [-0.05, 0) is 22.2 Å². The summed E-state index contributed by atoms with van der Waals surface area (Å²) in [5.74, 6) is 0. The van der Waals surface area contributed by atoms with E-state index >= 15 is 0 Å². The highest BCUT2D eigenvalue weighted by molar-refractivity contribution is 6.83. The number of H-pyrrole nitrogens is 1. The highest BCUT2D eigenvalue weighted by Crippen LogP contribution is 2.48. The lowest BCUT2D eigenvalue weighted by atomic mass is 10.1. The van der Waals surface area contributed by atoms with E-state index in [1.165, 1.54) is 12.7 Å². The number of ether oxygens (including phenoxy) is 1. The third-order valence-corrected chi connectivity index (χ3v) is 17.5. The molecule has 10 nitrogen and oxygen atoms in total. The molecule has 0 unspecified atom stereocenters. The molecule has 0 saturated carbocycles. The first-order valence-corrected chi connectivity index (χ1v) is 16.1. The van der Waals surface area contributed by atoms with Crippen molar-refractivity contribution >= 4 is 28.3 Å². The molecule has 0 radical (unpaired) electrons. The number of hydrogen-bond acceptors (Lipinski definition) is 8. The summed E-state index contributed by atoms with van der Waals surface area (Å²) in [5, 5.41) is 11.5. The van der Waals surface area contributed by atoms with Gasteiger partial charge in [-0.1, -0.05) is 55.4 Å². The smallest absolute Gasteiger partial charge is 0.335 e. The van der Waals surface area contributed by atoms with Crippen molar-refractivity contribution in [3.05, 3.63) is 23.0 Å². The van der Waals surface area contributed by atoms with Gasteiger partial charge in [0.1, 0.15) is 18.3 Å². The molecule has 0 aromatic carbocycles. The van der Waals surface area contributed by atoms with E-state index in [1.54, 1.807) is 4.57 Å². The molecule has 4 heterocycles. The van der Waals surface area contributed by atoms with Gasteiger partial charge >= 0.3 is 17.1 Å². The number of nitrogens with one attached hydrogen (secondary N) is 1. The van der Waals surface area contributed by atoms with Crippen LogP contribution in [0.5, 0.6) is 0 Å². The summed E-state index contributed by atoms with van der Waals surface area (Å²) in [6.45, 7) is 17.5. The molecule has 0 aliphatic carbocycles. The number of hydrogen-bond donors (Lipinski definition) is 2. The van der Waals surface area contributed by atoms with Crippen molar-refractivity contribution < 1.29 is 22.8 Å². The monoisotopic (exact) mass is 510 g/mol. The van der Waals surface area contributed by atoms with Gasteiger partial charge in [0.2, 0.25) is 0 Å². The lowest BCUT2D eigenvalue weighted by Gasteiger charge is -2.51. The average molecular weight is 511 g/mol. The number of imidazole rings is 1. The van der Waals surface area contributed by atoms with Crippen LogP contribution in [0.4, 0.5) is 0 Å². The summed E-state index contributed by atoms with van der Waals surface area (Å²) >= 11 is 0. The molecular weight excluding hydrogens is 472 g/mol. The fourth-order valence-electron chi connectivity index (χ4n) is 5.42. The Labute approximate surface area is 202 Å². The molecule has 2 aliphatic heterocycles. The summed E-state index contributed by atoms with van der Waals surface area (Å²) in [5.41, 5.74) is 0.914. The van der Waals surface area contributed by atoms with Gasteiger partial charge in [0.25, 0.3) is 5.56 Å². The molecule has 4 rings (SSSR count). The molecule has 0 bridgehead atoms. The first-order valence-electron chi connectivity index (χ1n) is 12.2. The first-order chi connectivity index (χ1) is 15.9. The van der Waals surface area contributed by atoms with Crippen LogP contribution in [-0.4, -0.2) is 66.7 Å². The van der Waals surface area contributed by atoms with Crippen LogP contribution in [0.15, 0.2) is 17.4 Å². The van der Waals surface area contributed by atoms with E-state index in [4.69, 9.17) is 17.7 Å². The summed E-state index contributed by atoms with van der Waals surface area (Å²) < 4.78 is 28.8. The average Bonchev–Trinajstić information content (AvgIpc) is 3.29. The number of aliphatic hydroxyl groups is 1. The van der Waals surface area contributed by atoms with E-state index in [0.717, 1.165) is 0 Å². The lowest BCUT2D eigenvalue weighted by Crippen LogP contribution is -2.65. The predicted molar refractivity (Wildman–Crippen MR) is 132 cm³/mol. The van der Waals surface area contributed by atoms with Gasteiger partial charge in [0, 0.05) is 0 Å². The summed E-state index contributed by atoms with van der Waals surface area (Å²) in [6, 6.07) is 0. The zero-order chi connectivity index (χ0) is 25.0. The minimum absolute atomic E-state index is 0.139. The third-order valence-electron chi connectivity index (χ3n) is 7.28. The second-order valence-corrected chi connectivity index (χ2v) is 19.5. The van der Waals surface area contributed by atoms with Gasteiger partial charge in [0.15, 0.2) is 17.4 Å². The Balaban J connectivity index is 1.78. The number of rotatable bonds is 5. The SMILES string of the molecule is CC(C)[Si]1(C(C)C)OC[C@H]2O[C@@H](n3cnc4c(=O)[nH]cnc43)[C@H](O)[C@@H]2O[Si](C(C)C)(C(C)C)O1. The molecule has 0 spiro atoms. The lowest BCUT2D eigenvalue weighted by molar-refractivity contribution is -0.0570. The van der Waals surface area contributed by atoms with Crippen molar-refractivity contribution in [2.75, 3.05) is 6.61 Å². The second kappa shape index (κ2) is 9.23. The molecule has 2 saturated heterocycles. The van der Waals surface area contributed by atoms with E-state index < -0.39 is 41.7 Å². The molecular formula is C22H38N4O6Si2. The number of aromatic nitrogens is 4. The maximum atomic E-state index is 12.1. The van der Waals surface area contributed by atoms with Crippen LogP contribution in [-0.2, 0) is 17.7 Å². The van der Waals surface area contributed by atoms with Crippen molar-refractivity contribution in [3.63, 3.8) is 0 Å². The summed E-state index contributed by atoms with van der Waals surface area (Å²) in [6.07, 6.45) is -0.136. The van der Waals surface area contributed by atoms with Crippen LogP contribution in [0.1, 0.15) is 61.6 Å². The Hall–Kier alpha value is -1.42. The molecule has 4 atom stereocenters. The summed E-state index contributed by atoms with van der Waals surface area (Å²) in [7, 11) is -5.59. The van der Waals surface area contributed by atoms with E-state index in [1.807, 2.05) is 0 Å². The number of aromatic amines is 1. The number of aliphatic hydroxyl groups excluding tert-OH is 1. The minimum Gasteiger partial charge on any atom is -0.414 e.